The maximum absolute atomic E-state index is 12.2. The third-order valence-corrected chi connectivity index (χ3v) is 5.45. The Morgan fingerprint density at radius 2 is 2.12 bits per heavy atom. The molecule has 2 amide bonds. The number of carbonyl (C=O) groups excluding carboxylic acids is 2. The first-order chi connectivity index (χ1) is 12.4. The number of nitrogens with zero attached hydrogens (tertiary/aromatic N) is 2. The molecule has 0 fully saturated rings. The first-order valence-electron chi connectivity index (χ1n) is 8.79. The number of hydrogen-bond donors (Lipinski definition) is 1. The molecule has 1 atom stereocenters. The van der Waals surface area contributed by atoms with E-state index in [-0.39, 0.29) is 17.7 Å². The van der Waals surface area contributed by atoms with Crippen molar-refractivity contribution in [2.75, 3.05) is 17.3 Å². The van der Waals surface area contributed by atoms with E-state index in [1.54, 1.807) is 18.9 Å². The summed E-state index contributed by atoms with van der Waals surface area (Å²) in [5, 5.41) is 5.39. The van der Waals surface area contributed by atoms with Crippen LogP contribution in [0.2, 0.25) is 0 Å². The van der Waals surface area contributed by atoms with E-state index < -0.39 is 6.10 Å². The minimum Gasteiger partial charge on any atom is -0.479 e. The molecule has 1 aromatic carbocycles. The molecular formula is C19H23N3O3S. The Morgan fingerprint density at radius 3 is 2.81 bits per heavy atom. The van der Waals surface area contributed by atoms with Gasteiger partial charge < -0.3 is 15.0 Å². The summed E-state index contributed by atoms with van der Waals surface area (Å²) >= 11 is 1.40. The average Bonchev–Trinajstić information content (AvgIpc) is 3.09. The first-order valence-corrected chi connectivity index (χ1v) is 9.67. The second kappa shape index (κ2) is 7.45. The number of ether oxygens (including phenoxy) is 1. The van der Waals surface area contributed by atoms with E-state index in [4.69, 9.17) is 4.74 Å². The van der Waals surface area contributed by atoms with Crippen LogP contribution in [0.15, 0.2) is 23.6 Å². The van der Waals surface area contributed by atoms with Crippen LogP contribution in [0, 0.1) is 5.92 Å². The summed E-state index contributed by atoms with van der Waals surface area (Å²) in [6.07, 6.45) is 1.14. The normalized spacial score (nSPS) is 16.4. The summed E-state index contributed by atoms with van der Waals surface area (Å²) in [6, 6.07) is 5.66. The number of aromatic nitrogens is 1. The fourth-order valence-corrected chi connectivity index (χ4v) is 3.72. The van der Waals surface area contributed by atoms with Gasteiger partial charge in [0.25, 0.3) is 5.91 Å². The number of anilines is 2. The van der Waals surface area contributed by atoms with Gasteiger partial charge in [0.1, 0.15) is 5.75 Å². The van der Waals surface area contributed by atoms with Gasteiger partial charge in [-0.25, -0.2) is 4.98 Å². The number of amides is 2. The molecule has 1 N–H and O–H groups in total. The molecule has 7 heteroatoms. The quantitative estimate of drug-likeness (QED) is 0.862. The highest BCUT2D eigenvalue weighted by atomic mass is 32.1. The van der Waals surface area contributed by atoms with Crippen LogP contribution in [0.25, 0.3) is 11.3 Å². The summed E-state index contributed by atoms with van der Waals surface area (Å²) in [6.45, 7) is 5.76. The molecule has 138 valence electrons. The molecule has 3 rings (SSSR count). The monoisotopic (exact) mass is 373 g/mol. The number of benzene rings is 1. The highest BCUT2D eigenvalue weighted by molar-refractivity contribution is 7.14. The van der Waals surface area contributed by atoms with Gasteiger partial charge in [-0.15, -0.1) is 11.3 Å². The Kier molecular flexibility index (Phi) is 5.27. The van der Waals surface area contributed by atoms with Crippen LogP contribution < -0.4 is 15.0 Å². The van der Waals surface area contributed by atoms with Gasteiger partial charge in [-0.3, -0.25) is 9.59 Å². The van der Waals surface area contributed by atoms with E-state index in [9.17, 15) is 9.59 Å². The van der Waals surface area contributed by atoms with Crippen molar-refractivity contribution >= 4 is 34.0 Å². The van der Waals surface area contributed by atoms with Crippen LogP contribution in [-0.4, -0.2) is 29.9 Å². The van der Waals surface area contributed by atoms with Crippen molar-refractivity contribution in [1.82, 2.24) is 4.98 Å². The summed E-state index contributed by atoms with van der Waals surface area (Å²) in [5.41, 5.74) is 2.36. The van der Waals surface area contributed by atoms with Crippen molar-refractivity contribution in [1.29, 1.82) is 0 Å². The maximum Gasteiger partial charge on any atom is 0.267 e. The van der Waals surface area contributed by atoms with Crippen LogP contribution in [0.1, 0.15) is 33.6 Å². The standard InChI is InChI=1S/C19H23N3O3S/c1-5-12(6-2)17(23)21-19-20-14(10-26-19)13-7-8-16-15(9-13)22(4)18(24)11(3)25-16/h7-12H,5-6H2,1-4H3,(H,20,21,23)/t11-/m0/s1. The molecule has 0 unspecified atom stereocenters. The summed E-state index contributed by atoms with van der Waals surface area (Å²) in [7, 11) is 1.74. The molecule has 0 radical (unpaired) electrons. The smallest absolute Gasteiger partial charge is 0.267 e. The van der Waals surface area contributed by atoms with Gasteiger partial charge in [0.05, 0.1) is 11.4 Å². The summed E-state index contributed by atoms with van der Waals surface area (Å²) < 4.78 is 5.65. The fourth-order valence-electron chi connectivity index (χ4n) is 3.00. The summed E-state index contributed by atoms with van der Waals surface area (Å²) in [5.74, 6) is 0.617. The second-order valence-electron chi connectivity index (χ2n) is 6.38. The number of hydrogen-bond acceptors (Lipinski definition) is 5. The van der Waals surface area contributed by atoms with Crippen LogP contribution in [0.3, 0.4) is 0 Å². The highest BCUT2D eigenvalue weighted by Gasteiger charge is 2.29. The molecule has 0 saturated heterocycles. The van der Waals surface area contributed by atoms with Gasteiger partial charge >= 0.3 is 0 Å². The zero-order chi connectivity index (χ0) is 18.8. The van der Waals surface area contributed by atoms with Crippen molar-refractivity contribution in [3.05, 3.63) is 23.6 Å². The number of likely N-dealkylation sites (N-methyl/N-ethyl adjacent to an activating group) is 1. The molecule has 0 aliphatic carbocycles. The van der Waals surface area contributed by atoms with Gasteiger partial charge in [-0.05, 0) is 38.0 Å². The Balaban J connectivity index is 1.82. The lowest BCUT2D eigenvalue weighted by atomic mass is 10.0. The van der Waals surface area contributed by atoms with Gasteiger partial charge in [-0.1, -0.05) is 13.8 Å². The molecular weight excluding hydrogens is 350 g/mol. The van der Waals surface area contributed by atoms with Gasteiger partial charge in [0.2, 0.25) is 5.91 Å². The molecule has 2 heterocycles. The lowest BCUT2D eigenvalue weighted by Gasteiger charge is -2.30. The highest BCUT2D eigenvalue weighted by Crippen LogP contribution is 2.37. The van der Waals surface area contributed by atoms with Crippen molar-refractivity contribution in [3.8, 4) is 17.0 Å². The minimum absolute atomic E-state index is 0.00453. The molecule has 6 nitrogen and oxygen atoms in total. The number of carbonyl (C=O) groups is 2. The van der Waals surface area contributed by atoms with E-state index in [2.05, 4.69) is 10.3 Å². The van der Waals surface area contributed by atoms with Gasteiger partial charge in [0, 0.05) is 23.9 Å². The maximum atomic E-state index is 12.2. The third kappa shape index (κ3) is 3.44. The van der Waals surface area contributed by atoms with E-state index in [1.165, 1.54) is 11.3 Å². The lowest BCUT2D eigenvalue weighted by molar-refractivity contribution is -0.125. The molecule has 0 spiro atoms. The number of nitrogens with one attached hydrogen (secondary N) is 1. The second-order valence-corrected chi connectivity index (χ2v) is 7.24. The van der Waals surface area contributed by atoms with Crippen LogP contribution in [0.4, 0.5) is 10.8 Å². The van der Waals surface area contributed by atoms with Crippen LogP contribution in [0.5, 0.6) is 5.75 Å². The third-order valence-electron chi connectivity index (χ3n) is 4.69. The Hall–Kier alpha value is -2.41. The minimum atomic E-state index is -0.482. The van der Waals surface area contributed by atoms with E-state index >= 15 is 0 Å². The number of rotatable bonds is 5. The molecule has 1 aromatic heterocycles. The molecule has 2 aromatic rings. The molecule has 1 aliphatic heterocycles. The SMILES string of the molecule is CCC(CC)C(=O)Nc1nc(-c2ccc3c(c2)N(C)C(=O)[C@H](C)O3)cs1. The molecule has 26 heavy (non-hydrogen) atoms. The number of thiazole rings is 1. The van der Waals surface area contributed by atoms with E-state index in [0.717, 1.165) is 29.8 Å². The first kappa shape index (κ1) is 18.4. The number of fused-ring (bicyclic) bond motifs is 1. The average molecular weight is 373 g/mol. The van der Waals surface area contributed by atoms with Gasteiger partial charge in [0.15, 0.2) is 11.2 Å². The largest absolute Gasteiger partial charge is 0.479 e. The van der Waals surface area contributed by atoms with E-state index in [1.807, 2.05) is 37.4 Å². The lowest BCUT2D eigenvalue weighted by Crippen LogP contribution is -2.41. The van der Waals surface area contributed by atoms with E-state index in [0.29, 0.717) is 10.9 Å². The predicted molar refractivity (Wildman–Crippen MR) is 104 cm³/mol. The molecule has 0 saturated carbocycles. The zero-order valence-corrected chi connectivity index (χ0v) is 16.2. The van der Waals surface area contributed by atoms with Crippen molar-refractivity contribution in [2.24, 2.45) is 5.92 Å². The van der Waals surface area contributed by atoms with Gasteiger partial charge in [-0.2, -0.15) is 0 Å². The van der Waals surface area contributed by atoms with Crippen LogP contribution in [-0.2, 0) is 9.59 Å². The fraction of sp³-hybridized carbons (Fsp3) is 0.421. The Bertz CT molecular complexity index is 829. The summed E-state index contributed by atoms with van der Waals surface area (Å²) in [4.78, 5) is 30.5. The van der Waals surface area contributed by atoms with Crippen molar-refractivity contribution in [2.45, 2.75) is 39.7 Å². The zero-order valence-electron chi connectivity index (χ0n) is 15.4. The van der Waals surface area contributed by atoms with Crippen molar-refractivity contribution < 1.29 is 14.3 Å². The topological polar surface area (TPSA) is 71.5 Å². The van der Waals surface area contributed by atoms with Crippen LogP contribution >= 0.6 is 11.3 Å². The Morgan fingerprint density at radius 1 is 1.38 bits per heavy atom. The van der Waals surface area contributed by atoms with Crippen molar-refractivity contribution in [3.63, 3.8) is 0 Å². The Labute approximate surface area is 157 Å². The molecule has 1 aliphatic rings. The predicted octanol–water partition coefficient (Wildman–Crippen LogP) is 3.93. The molecule has 0 bridgehead atoms.